The van der Waals surface area contributed by atoms with Crippen LogP contribution in [0.4, 0.5) is 114 Å². The zero-order chi connectivity index (χ0) is 43.4. The predicted octanol–water partition coefficient (Wildman–Crippen LogP) is 7.90. The molecule has 314 valence electrons. The number of halogens is 26. The Labute approximate surface area is 275 Å². The van der Waals surface area contributed by atoms with Gasteiger partial charge in [0.2, 0.25) is 0 Å². The fourth-order valence-electron chi connectivity index (χ4n) is 2.02. The third-order valence-corrected chi connectivity index (χ3v) is 7.36. The molecule has 0 aromatic rings. The summed E-state index contributed by atoms with van der Waals surface area (Å²) in [6.07, 6.45) is -15.0. The van der Waals surface area contributed by atoms with Crippen LogP contribution >= 0.6 is 21.6 Å². The highest BCUT2D eigenvalue weighted by molar-refractivity contribution is 8.76. The van der Waals surface area contributed by atoms with Gasteiger partial charge in [-0.05, 0) is 0 Å². The summed E-state index contributed by atoms with van der Waals surface area (Å²) < 4.78 is 319. The van der Waals surface area contributed by atoms with Crippen molar-refractivity contribution in [2.24, 2.45) is 11.5 Å². The zero-order valence-electron chi connectivity index (χ0n) is 23.3. The van der Waals surface area contributed by atoms with Crippen molar-refractivity contribution in [3.05, 3.63) is 0 Å². The van der Waals surface area contributed by atoms with Crippen molar-refractivity contribution >= 4 is 33.5 Å². The molecule has 0 saturated heterocycles. The van der Waals surface area contributed by atoms with Gasteiger partial charge in [0.15, 0.2) is 0 Å². The lowest BCUT2D eigenvalue weighted by molar-refractivity contribution is -0.436. The van der Waals surface area contributed by atoms with E-state index < -0.39 is 83.5 Å². The summed E-state index contributed by atoms with van der Waals surface area (Å²) in [6.45, 7) is 1.53. The van der Waals surface area contributed by atoms with E-state index in [9.17, 15) is 124 Å². The Morgan fingerprint density at radius 2 is 0.538 bits per heavy atom. The van der Waals surface area contributed by atoms with E-state index in [1.165, 1.54) is 0 Å². The molecule has 0 spiro atoms. The molecule has 0 saturated carbocycles. The molecule has 0 radical (unpaired) electrons. The number of hydrogen-bond acceptors (Lipinski definition) is 6. The Hall–Kier alpha value is -2.26. The number of carbonyl (C=O) groups is 2. The van der Waals surface area contributed by atoms with Gasteiger partial charge in [0.05, 0.1) is 0 Å². The van der Waals surface area contributed by atoms with Crippen molar-refractivity contribution in [1.82, 2.24) is 0 Å². The lowest BCUT2D eigenvalue weighted by atomic mass is 9.94. The molecule has 0 atom stereocenters. The summed E-state index contributed by atoms with van der Waals surface area (Å²) in [5.74, 6) is -83.9. The second kappa shape index (κ2) is 16.6. The van der Waals surface area contributed by atoms with Crippen molar-refractivity contribution in [2.75, 3.05) is 24.6 Å². The molecular weight excluding hydrogens is 866 g/mol. The van der Waals surface area contributed by atoms with Crippen LogP contribution in [0.3, 0.4) is 0 Å². The molecule has 0 bridgehead atoms. The molecule has 6 N–H and O–H groups in total. The van der Waals surface area contributed by atoms with E-state index in [0.29, 0.717) is 0 Å². The molecule has 0 fully saturated rings. The van der Waals surface area contributed by atoms with Crippen LogP contribution in [0.2, 0.25) is 0 Å². The van der Waals surface area contributed by atoms with Gasteiger partial charge in [-0.1, -0.05) is 21.6 Å². The van der Waals surface area contributed by atoms with Crippen molar-refractivity contribution < 1.29 is 134 Å². The maximum Gasteiger partial charge on any atom is 0.460 e. The Bertz CT molecular complexity index is 1100. The van der Waals surface area contributed by atoms with E-state index in [4.69, 9.17) is 21.7 Å². The predicted molar refractivity (Wildman–Crippen MR) is 120 cm³/mol. The van der Waals surface area contributed by atoms with Gasteiger partial charge in [0.25, 0.3) is 0 Å². The molecule has 0 aliphatic heterocycles. The lowest BCUT2D eigenvalue weighted by Crippen LogP contribution is -2.71. The molecule has 0 aliphatic rings. The molecule has 52 heavy (non-hydrogen) atoms. The molecule has 0 aromatic carbocycles. The van der Waals surface area contributed by atoms with Crippen LogP contribution in [-0.2, 0) is 9.59 Å². The number of nitrogens with two attached hydrogens (primary N) is 2. The maximum atomic E-state index is 12.6. The van der Waals surface area contributed by atoms with Crippen LogP contribution in [0.25, 0.3) is 0 Å². The fourth-order valence-corrected chi connectivity index (χ4v) is 3.73. The van der Waals surface area contributed by atoms with E-state index in [1.807, 2.05) is 0 Å². The first-order valence-corrected chi connectivity index (χ1v) is 13.8. The number of hydrogen-bond donors (Lipinski definition) is 4. The molecular formula is C18H14F26N2O4S2. The van der Waals surface area contributed by atoms with Gasteiger partial charge in [0, 0.05) is 24.6 Å². The topological polar surface area (TPSA) is 127 Å². The van der Waals surface area contributed by atoms with Gasteiger partial charge in [-0.3, -0.25) is 0 Å². The van der Waals surface area contributed by atoms with Crippen LogP contribution in [0.15, 0.2) is 0 Å². The summed E-state index contributed by atoms with van der Waals surface area (Å²) in [5.41, 5.74) is 10.5. The minimum atomic E-state index is -8.08. The largest absolute Gasteiger partial charge is 0.477 e. The van der Waals surface area contributed by atoms with Crippen molar-refractivity contribution in [1.29, 1.82) is 0 Å². The average molecular weight is 880 g/mol. The van der Waals surface area contributed by atoms with Gasteiger partial charge >= 0.3 is 83.5 Å². The highest BCUT2D eigenvalue weighted by Crippen LogP contribution is 2.61. The SMILES string of the molecule is NCCSSCCN.O=C(O)C(F)(F)C(F)(F)C(F)(F)C(F)(F)C(F)(F)C(F)(F)F.O=C(O)C(F)(F)C(F)(F)C(F)(F)C(F)(F)C(F)(F)C(F)(F)F. The molecule has 0 amide bonds. The molecule has 0 aliphatic carbocycles. The number of carboxylic acids is 2. The smallest absolute Gasteiger partial charge is 0.460 e. The Kier molecular flexibility index (Phi) is 17.3. The minimum absolute atomic E-state index is 0.766. The van der Waals surface area contributed by atoms with E-state index in [-0.39, 0.29) is 0 Å². The third kappa shape index (κ3) is 9.51. The van der Waals surface area contributed by atoms with Crippen LogP contribution in [0.1, 0.15) is 0 Å². The van der Waals surface area contributed by atoms with Crippen LogP contribution in [-0.4, -0.2) is 118 Å². The maximum absolute atomic E-state index is 12.6. The Morgan fingerprint density at radius 1 is 0.365 bits per heavy atom. The van der Waals surface area contributed by atoms with Gasteiger partial charge in [0.1, 0.15) is 0 Å². The summed E-state index contributed by atoms with van der Waals surface area (Å²) in [4.78, 5) is 19.3. The average Bonchev–Trinajstić information content (AvgIpc) is 2.93. The first kappa shape index (κ1) is 54.1. The summed E-state index contributed by atoms with van der Waals surface area (Å²) >= 11 is 0. The molecule has 0 unspecified atom stereocenters. The zero-order valence-corrected chi connectivity index (χ0v) is 25.0. The van der Waals surface area contributed by atoms with Crippen LogP contribution in [0.5, 0.6) is 0 Å². The normalized spacial score (nSPS) is 14.9. The van der Waals surface area contributed by atoms with Gasteiger partial charge in [-0.25, -0.2) is 9.59 Å². The van der Waals surface area contributed by atoms with Crippen molar-refractivity contribution in [3.63, 3.8) is 0 Å². The molecule has 34 heteroatoms. The highest BCUT2D eigenvalue weighted by Gasteiger charge is 2.93. The molecule has 0 aromatic heterocycles. The number of rotatable bonds is 15. The molecule has 6 nitrogen and oxygen atoms in total. The lowest BCUT2D eigenvalue weighted by Gasteiger charge is -2.38. The van der Waals surface area contributed by atoms with Crippen LogP contribution < -0.4 is 11.5 Å². The first-order valence-electron chi connectivity index (χ1n) is 11.3. The first-order chi connectivity index (χ1) is 22.3. The molecule has 0 heterocycles. The standard InChI is InChI=1S/2C7HF13O2.C4H12N2S2/c2*8-2(9,1(21)22)3(10,11)4(12,13)5(14,15)6(16,17)7(18,19)20;5-1-3-7-8-4-2-6/h2*(H,21,22);1-6H2. The minimum Gasteiger partial charge on any atom is -0.477 e. The quantitative estimate of drug-likeness (QED) is 0.0744. The summed E-state index contributed by atoms with van der Waals surface area (Å²) in [6, 6.07) is 0. The molecule has 0 rings (SSSR count). The monoisotopic (exact) mass is 880 g/mol. The van der Waals surface area contributed by atoms with E-state index in [2.05, 4.69) is 0 Å². The van der Waals surface area contributed by atoms with E-state index >= 15 is 0 Å². The van der Waals surface area contributed by atoms with E-state index in [0.717, 1.165) is 24.6 Å². The number of aliphatic carboxylic acids is 2. The highest BCUT2D eigenvalue weighted by atomic mass is 33.1. The van der Waals surface area contributed by atoms with Gasteiger partial charge in [-0.2, -0.15) is 114 Å². The summed E-state index contributed by atoms with van der Waals surface area (Å²) in [5, 5.41) is 15.1. The Balaban J connectivity index is -0.000000764. The van der Waals surface area contributed by atoms with Crippen LogP contribution in [0, 0.1) is 0 Å². The summed E-state index contributed by atoms with van der Waals surface area (Å²) in [7, 11) is 3.58. The third-order valence-electron chi connectivity index (χ3n) is 4.89. The van der Waals surface area contributed by atoms with Gasteiger partial charge in [-0.15, -0.1) is 0 Å². The van der Waals surface area contributed by atoms with Gasteiger partial charge < -0.3 is 21.7 Å². The second-order valence-corrected chi connectivity index (χ2v) is 11.3. The Morgan fingerprint density at radius 3 is 0.673 bits per heavy atom. The van der Waals surface area contributed by atoms with E-state index in [1.54, 1.807) is 21.6 Å². The fraction of sp³-hybridized carbons (Fsp3) is 0.889. The van der Waals surface area contributed by atoms with Crippen molar-refractivity contribution in [3.8, 4) is 0 Å². The van der Waals surface area contributed by atoms with Crippen molar-refractivity contribution in [2.45, 2.75) is 71.6 Å². The number of alkyl halides is 26. The second-order valence-electron chi connectivity index (χ2n) is 8.57. The number of carboxylic acid groups (broad SMARTS) is 2.